The maximum Gasteiger partial charge on any atom is 0.271 e. The minimum atomic E-state index is -0.275. The zero-order valence-corrected chi connectivity index (χ0v) is 16.2. The van der Waals surface area contributed by atoms with Crippen LogP contribution in [0.15, 0.2) is 86.5 Å². The molecule has 0 unspecified atom stereocenters. The van der Waals surface area contributed by atoms with Gasteiger partial charge in [0.2, 0.25) is 5.16 Å². The van der Waals surface area contributed by atoms with Crippen molar-refractivity contribution in [3.8, 4) is 5.69 Å². The number of aryl methyl sites for hydroxylation is 1. The molecule has 0 fully saturated rings. The molecule has 1 amide bonds. The van der Waals surface area contributed by atoms with Crippen LogP contribution in [0, 0.1) is 6.92 Å². The maximum absolute atomic E-state index is 12.2. The highest BCUT2D eigenvalue weighted by molar-refractivity contribution is 7.99. The minimum Gasteiger partial charge on any atom is -0.448 e. The van der Waals surface area contributed by atoms with Crippen LogP contribution in [0.5, 0.6) is 0 Å². The molecule has 0 aliphatic rings. The van der Waals surface area contributed by atoms with E-state index in [1.165, 1.54) is 18.0 Å². The Balaban J connectivity index is 1.41. The van der Waals surface area contributed by atoms with Crippen molar-refractivity contribution in [2.75, 3.05) is 0 Å². The second-order valence-corrected chi connectivity index (χ2v) is 6.95. The number of benzene rings is 2. The molecule has 4 rings (SSSR count). The summed E-state index contributed by atoms with van der Waals surface area (Å²) in [5.41, 5.74) is 4.81. The third kappa shape index (κ3) is 4.41. The van der Waals surface area contributed by atoms with Gasteiger partial charge in [-0.25, -0.2) is 5.43 Å². The van der Waals surface area contributed by atoms with Gasteiger partial charge in [-0.2, -0.15) is 9.78 Å². The lowest BCUT2D eigenvalue weighted by Gasteiger charge is -2.02. The smallest absolute Gasteiger partial charge is 0.271 e. The van der Waals surface area contributed by atoms with E-state index >= 15 is 0 Å². The van der Waals surface area contributed by atoms with Crippen LogP contribution in [0.25, 0.3) is 5.69 Å². The van der Waals surface area contributed by atoms with Crippen molar-refractivity contribution in [1.29, 1.82) is 0 Å². The normalized spacial score (nSPS) is 11.1. The van der Waals surface area contributed by atoms with Crippen molar-refractivity contribution in [2.45, 2.75) is 17.2 Å². The number of amides is 1. The molecule has 9 heteroatoms. The third-order valence-corrected chi connectivity index (χ3v) is 4.84. The number of furan rings is 1. The van der Waals surface area contributed by atoms with Crippen LogP contribution in [0.4, 0.5) is 0 Å². The minimum absolute atomic E-state index is 0.275. The highest BCUT2D eigenvalue weighted by Gasteiger charge is 2.12. The first-order chi connectivity index (χ1) is 14.2. The fourth-order valence-corrected chi connectivity index (χ4v) is 3.32. The topological polar surface area (TPSA) is 98.2 Å². The number of hydrogen-bond donors (Lipinski definition) is 1. The first-order valence-electron chi connectivity index (χ1n) is 8.71. The zero-order valence-electron chi connectivity index (χ0n) is 15.4. The van der Waals surface area contributed by atoms with E-state index in [4.69, 9.17) is 4.42 Å². The van der Waals surface area contributed by atoms with E-state index in [1.807, 2.05) is 55.5 Å². The van der Waals surface area contributed by atoms with Crippen LogP contribution in [0.3, 0.4) is 0 Å². The van der Waals surface area contributed by atoms with E-state index in [-0.39, 0.29) is 5.91 Å². The number of hydrazone groups is 1. The Hall–Kier alpha value is -3.72. The Morgan fingerprint density at radius 1 is 1.10 bits per heavy atom. The molecule has 0 atom stereocenters. The molecule has 2 heterocycles. The Morgan fingerprint density at radius 3 is 2.72 bits per heavy atom. The van der Waals surface area contributed by atoms with Gasteiger partial charge in [-0.3, -0.25) is 4.79 Å². The molecule has 0 saturated heterocycles. The largest absolute Gasteiger partial charge is 0.448 e. The predicted molar refractivity (Wildman–Crippen MR) is 108 cm³/mol. The van der Waals surface area contributed by atoms with Gasteiger partial charge in [-0.1, -0.05) is 36.4 Å². The lowest BCUT2D eigenvalue weighted by Crippen LogP contribution is -2.18. The average Bonchev–Trinajstić information content (AvgIpc) is 3.39. The van der Waals surface area contributed by atoms with E-state index in [0.717, 1.165) is 11.3 Å². The van der Waals surface area contributed by atoms with Gasteiger partial charge in [-0.15, -0.1) is 5.10 Å². The number of para-hydroxylation sites is 1. The van der Waals surface area contributed by atoms with Gasteiger partial charge >= 0.3 is 0 Å². The van der Waals surface area contributed by atoms with Crippen LogP contribution in [-0.2, 0) is 0 Å². The predicted octanol–water partition coefficient (Wildman–Crippen LogP) is 3.48. The van der Waals surface area contributed by atoms with Gasteiger partial charge in [0.1, 0.15) is 5.76 Å². The first-order valence-corrected chi connectivity index (χ1v) is 9.53. The summed E-state index contributed by atoms with van der Waals surface area (Å²) in [4.78, 5) is 12.2. The molecular formula is C20H16N6O2S. The number of aromatic nitrogens is 4. The van der Waals surface area contributed by atoms with Crippen molar-refractivity contribution < 1.29 is 9.21 Å². The fraction of sp³-hybridized carbons (Fsp3) is 0.0500. The van der Waals surface area contributed by atoms with Crippen molar-refractivity contribution >= 4 is 23.9 Å². The summed E-state index contributed by atoms with van der Waals surface area (Å²) in [6.45, 7) is 1.87. The summed E-state index contributed by atoms with van der Waals surface area (Å²) in [6, 6.07) is 20.4. The van der Waals surface area contributed by atoms with Crippen molar-refractivity contribution in [3.05, 3.63) is 83.6 Å². The molecular weight excluding hydrogens is 388 g/mol. The van der Waals surface area contributed by atoms with Crippen molar-refractivity contribution in [3.63, 3.8) is 0 Å². The molecule has 4 aromatic rings. The van der Waals surface area contributed by atoms with E-state index in [9.17, 15) is 4.79 Å². The summed E-state index contributed by atoms with van der Waals surface area (Å²) < 4.78 is 7.34. The molecule has 0 bridgehead atoms. The van der Waals surface area contributed by atoms with Gasteiger partial charge in [-0.05, 0) is 65.0 Å². The Morgan fingerprint density at radius 2 is 1.90 bits per heavy atom. The van der Waals surface area contributed by atoms with Crippen LogP contribution < -0.4 is 5.43 Å². The Labute approximate surface area is 170 Å². The number of carbonyl (C=O) groups excluding carboxylic acids is 1. The number of nitrogens with one attached hydrogen (secondary N) is 1. The molecule has 29 heavy (non-hydrogen) atoms. The van der Waals surface area contributed by atoms with E-state index in [1.54, 1.807) is 22.9 Å². The molecule has 2 aromatic carbocycles. The number of hydrogen-bond acceptors (Lipinski definition) is 7. The van der Waals surface area contributed by atoms with Gasteiger partial charge in [0.15, 0.2) is 5.09 Å². The standard InChI is InChI=1S/C20H16N6O2S/c1-14-7-5-6-10-17(14)19(27)22-21-13-16-11-12-18(28-16)29-20-23-24-25-26(20)15-8-3-2-4-9-15/h2-13H,1H3,(H,22,27). The van der Waals surface area contributed by atoms with Crippen molar-refractivity contribution in [2.24, 2.45) is 5.10 Å². The number of tetrazole rings is 1. The zero-order chi connectivity index (χ0) is 20.1. The van der Waals surface area contributed by atoms with Crippen LogP contribution in [0.2, 0.25) is 0 Å². The average molecular weight is 404 g/mol. The maximum atomic E-state index is 12.2. The summed E-state index contributed by atoms with van der Waals surface area (Å²) in [5.74, 6) is 0.221. The lowest BCUT2D eigenvalue weighted by atomic mass is 10.1. The quantitative estimate of drug-likeness (QED) is 0.390. The van der Waals surface area contributed by atoms with E-state index in [0.29, 0.717) is 21.6 Å². The fourth-order valence-electron chi connectivity index (χ4n) is 2.56. The number of carbonyl (C=O) groups is 1. The van der Waals surface area contributed by atoms with E-state index in [2.05, 4.69) is 26.1 Å². The summed E-state index contributed by atoms with van der Waals surface area (Å²) in [7, 11) is 0. The van der Waals surface area contributed by atoms with Crippen LogP contribution in [0.1, 0.15) is 21.7 Å². The molecule has 0 radical (unpaired) electrons. The highest BCUT2D eigenvalue weighted by Crippen LogP contribution is 2.28. The number of nitrogens with zero attached hydrogens (tertiary/aromatic N) is 5. The third-order valence-electron chi connectivity index (χ3n) is 3.98. The molecule has 1 N–H and O–H groups in total. The van der Waals surface area contributed by atoms with Gasteiger partial charge in [0, 0.05) is 5.56 Å². The highest BCUT2D eigenvalue weighted by atomic mass is 32.2. The second-order valence-electron chi connectivity index (χ2n) is 5.98. The van der Waals surface area contributed by atoms with Gasteiger partial charge < -0.3 is 4.42 Å². The van der Waals surface area contributed by atoms with Gasteiger partial charge in [0.25, 0.3) is 5.91 Å². The Bertz CT molecular complexity index is 1150. The molecule has 2 aromatic heterocycles. The molecule has 144 valence electrons. The van der Waals surface area contributed by atoms with Crippen LogP contribution in [-0.4, -0.2) is 32.3 Å². The monoisotopic (exact) mass is 404 g/mol. The summed E-state index contributed by atoms with van der Waals surface area (Å²) >= 11 is 1.29. The summed E-state index contributed by atoms with van der Waals surface area (Å²) in [5, 5.41) is 16.9. The molecule has 0 spiro atoms. The Kier molecular flexibility index (Phi) is 5.48. The molecule has 0 aliphatic heterocycles. The van der Waals surface area contributed by atoms with Crippen molar-refractivity contribution in [1.82, 2.24) is 25.6 Å². The number of rotatable bonds is 6. The van der Waals surface area contributed by atoms with Crippen LogP contribution >= 0.6 is 11.8 Å². The molecule has 0 saturated carbocycles. The summed E-state index contributed by atoms with van der Waals surface area (Å²) in [6.07, 6.45) is 1.44. The SMILES string of the molecule is Cc1ccccc1C(=O)NN=Cc1ccc(Sc2nnnn2-c2ccccc2)o1. The second kappa shape index (κ2) is 8.53. The molecule has 0 aliphatic carbocycles. The lowest BCUT2D eigenvalue weighted by molar-refractivity contribution is 0.0954. The van der Waals surface area contributed by atoms with Gasteiger partial charge in [0.05, 0.1) is 11.9 Å². The van der Waals surface area contributed by atoms with E-state index < -0.39 is 0 Å². The first kappa shape index (κ1) is 18.6. The molecule has 8 nitrogen and oxygen atoms in total.